The molecule has 2 saturated heterocycles. The maximum atomic E-state index is 6.73. The molecule has 192 valence electrons. The van der Waals surface area contributed by atoms with Crippen LogP contribution in [0.2, 0.25) is 10.0 Å². The summed E-state index contributed by atoms with van der Waals surface area (Å²) in [5, 5.41) is 8.56. The van der Waals surface area contributed by atoms with Gasteiger partial charge in [-0.2, -0.15) is 0 Å². The molecule has 36 heavy (non-hydrogen) atoms. The van der Waals surface area contributed by atoms with Crippen LogP contribution in [0.5, 0.6) is 11.5 Å². The van der Waals surface area contributed by atoms with E-state index in [0.717, 1.165) is 49.9 Å². The highest BCUT2D eigenvalue weighted by Crippen LogP contribution is 2.46. The molecule has 0 radical (unpaired) electrons. The van der Waals surface area contributed by atoms with Gasteiger partial charge in [0.2, 0.25) is 5.95 Å². The minimum absolute atomic E-state index is 0.196. The van der Waals surface area contributed by atoms with Crippen LogP contribution in [0, 0.1) is 0 Å². The van der Waals surface area contributed by atoms with Crippen LogP contribution in [-0.2, 0) is 4.74 Å². The van der Waals surface area contributed by atoms with Crippen molar-refractivity contribution in [2.24, 2.45) is 0 Å². The van der Waals surface area contributed by atoms with Gasteiger partial charge in [-0.1, -0.05) is 23.2 Å². The highest BCUT2D eigenvalue weighted by Gasteiger charge is 2.24. The summed E-state index contributed by atoms with van der Waals surface area (Å²) in [5.74, 6) is 2.13. The smallest absolute Gasteiger partial charge is 0.223 e. The van der Waals surface area contributed by atoms with Crippen molar-refractivity contribution in [3.05, 3.63) is 28.4 Å². The number of fused-ring (bicyclic) bond motifs is 1. The van der Waals surface area contributed by atoms with E-state index in [1.54, 1.807) is 26.5 Å². The lowest BCUT2D eigenvalue weighted by molar-refractivity contribution is 0.195. The Morgan fingerprint density at radius 1 is 0.972 bits per heavy atom. The van der Waals surface area contributed by atoms with E-state index in [9.17, 15) is 0 Å². The van der Waals surface area contributed by atoms with Crippen LogP contribution in [-0.4, -0.2) is 79.5 Å². The minimum atomic E-state index is 0.196. The number of nitrogens with zero attached hydrogens (tertiary/aromatic N) is 4. The maximum absolute atomic E-state index is 6.73. The fourth-order valence-electron chi connectivity index (χ4n) is 4.63. The van der Waals surface area contributed by atoms with Gasteiger partial charge in [0.25, 0.3) is 0 Å². The summed E-state index contributed by atoms with van der Waals surface area (Å²) in [5.41, 5.74) is 1.85. The first-order chi connectivity index (χ1) is 17.5. The van der Waals surface area contributed by atoms with E-state index in [1.165, 1.54) is 0 Å². The lowest BCUT2D eigenvalue weighted by Crippen LogP contribution is -2.37. The highest BCUT2D eigenvalue weighted by molar-refractivity contribution is 6.41. The molecule has 1 aromatic carbocycles. The van der Waals surface area contributed by atoms with Gasteiger partial charge in [-0.25, -0.2) is 15.0 Å². The average molecular weight is 533 g/mol. The van der Waals surface area contributed by atoms with Gasteiger partial charge in [-0.3, -0.25) is 0 Å². The monoisotopic (exact) mass is 532 g/mol. The predicted octanol–water partition coefficient (Wildman–Crippen LogP) is 4.72. The Kier molecular flexibility index (Phi) is 7.52. The number of aromatic nitrogens is 3. The Balaban J connectivity index is 1.61. The van der Waals surface area contributed by atoms with Gasteiger partial charge in [0.05, 0.1) is 42.6 Å². The fourth-order valence-corrected chi connectivity index (χ4v) is 5.32. The molecule has 0 aliphatic carbocycles. The lowest BCUT2D eigenvalue weighted by Gasteiger charge is -2.30. The van der Waals surface area contributed by atoms with Gasteiger partial charge >= 0.3 is 0 Å². The topological polar surface area (TPSA) is 93.7 Å². The first-order valence-corrected chi connectivity index (χ1v) is 12.8. The molecule has 5 rings (SSSR count). The largest absolute Gasteiger partial charge is 0.495 e. The van der Waals surface area contributed by atoms with E-state index in [0.29, 0.717) is 51.2 Å². The van der Waals surface area contributed by atoms with E-state index in [4.69, 9.17) is 47.4 Å². The van der Waals surface area contributed by atoms with Crippen LogP contribution in [0.4, 0.5) is 11.8 Å². The molecule has 4 heterocycles. The van der Waals surface area contributed by atoms with Gasteiger partial charge in [0, 0.05) is 35.9 Å². The van der Waals surface area contributed by atoms with Crippen LogP contribution in [0.15, 0.2) is 18.3 Å². The van der Waals surface area contributed by atoms with Crippen LogP contribution in [0.25, 0.3) is 22.2 Å². The quantitative estimate of drug-likeness (QED) is 0.447. The van der Waals surface area contributed by atoms with Crippen molar-refractivity contribution in [1.82, 2.24) is 19.9 Å². The number of halogens is 2. The first-order valence-electron chi connectivity index (χ1n) is 12.0. The lowest BCUT2D eigenvalue weighted by atomic mass is 10.0. The summed E-state index contributed by atoms with van der Waals surface area (Å²) in [6.07, 6.45) is 4.74. The van der Waals surface area contributed by atoms with Crippen molar-refractivity contribution in [3.63, 3.8) is 0 Å². The number of hydrogen-bond acceptors (Lipinski definition) is 9. The zero-order chi connectivity index (χ0) is 25.2. The number of rotatable bonds is 7. The Bertz CT molecular complexity index is 1220. The molecule has 2 aromatic heterocycles. The predicted molar refractivity (Wildman–Crippen MR) is 143 cm³/mol. The summed E-state index contributed by atoms with van der Waals surface area (Å²) in [6.45, 7) is 3.42. The van der Waals surface area contributed by atoms with Crippen molar-refractivity contribution in [3.8, 4) is 22.8 Å². The van der Waals surface area contributed by atoms with E-state index in [2.05, 4.69) is 27.6 Å². The zero-order valence-corrected chi connectivity index (χ0v) is 22.1. The first kappa shape index (κ1) is 25.1. The number of likely N-dealkylation sites (tertiary alicyclic amines) is 1. The number of nitrogens with one attached hydrogen (secondary N) is 2. The van der Waals surface area contributed by atoms with Crippen molar-refractivity contribution < 1.29 is 14.2 Å². The van der Waals surface area contributed by atoms with Crippen molar-refractivity contribution in [2.45, 2.75) is 31.3 Å². The molecular formula is C25H30Cl2N6O3. The van der Waals surface area contributed by atoms with E-state index in [1.807, 2.05) is 6.07 Å². The molecule has 9 nitrogen and oxygen atoms in total. The standard InChI is InChI=1S/C25H30Cl2N6O3/c1-33-7-4-15(5-8-33)29-24-23-14(12-28-25(32-23)30-16-6-9-36-13-16)10-17(31-24)20-21(26)18(34-2)11-19(35-3)22(20)27/h10-12,15-16H,4-9,13H2,1-3H3,(H,29,31)(H,28,30,32). The summed E-state index contributed by atoms with van der Waals surface area (Å²) >= 11 is 13.5. The van der Waals surface area contributed by atoms with E-state index >= 15 is 0 Å². The molecule has 0 saturated carbocycles. The third kappa shape index (κ3) is 5.11. The average Bonchev–Trinajstić information content (AvgIpc) is 3.39. The summed E-state index contributed by atoms with van der Waals surface area (Å²) < 4.78 is 16.4. The van der Waals surface area contributed by atoms with Gasteiger partial charge in [0.15, 0.2) is 5.82 Å². The van der Waals surface area contributed by atoms with Crippen molar-refractivity contribution in [1.29, 1.82) is 0 Å². The number of methoxy groups -OCH3 is 2. The SMILES string of the molecule is COc1cc(OC)c(Cl)c(-c2cc3cnc(NC4CCOC4)nc3c(NC3CCN(C)CC3)n2)c1Cl. The number of pyridine rings is 1. The molecule has 2 aliphatic rings. The molecule has 1 atom stereocenters. The summed E-state index contributed by atoms with van der Waals surface area (Å²) in [7, 11) is 5.25. The molecule has 3 aromatic rings. The Hall–Kier alpha value is -2.59. The Morgan fingerprint density at radius 3 is 2.33 bits per heavy atom. The Morgan fingerprint density at radius 2 is 1.69 bits per heavy atom. The molecule has 2 N–H and O–H groups in total. The van der Waals surface area contributed by atoms with Gasteiger partial charge in [-0.05, 0) is 45.5 Å². The summed E-state index contributed by atoms with van der Waals surface area (Å²) in [6, 6.07) is 4.03. The third-order valence-corrected chi connectivity index (χ3v) is 7.47. The second kappa shape index (κ2) is 10.8. The van der Waals surface area contributed by atoms with Gasteiger partial charge in [0.1, 0.15) is 17.0 Å². The van der Waals surface area contributed by atoms with Crippen LogP contribution >= 0.6 is 23.2 Å². The van der Waals surface area contributed by atoms with Crippen LogP contribution in [0.1, 0.15) is 19.3 Å². The molecule has 0 spiro atoms. The van der Waals surface area contributed by atoms with E-state index < -0.39 is 0 Å². The minimum Gasteiger partial charge on any atom is -0.495 e. The fraction of sp³-hybridized carbons (Fsp3) is 0.480. The normalized spacial score (nSPS) is 19.0. The molecule has 2 aliphatic heterocycles. The van der Waals surface area contributed by atoms with Crippen molar-refractivity contribution >= 4 is 45.9 Å². The highest BCUT2D eigenvalue weighted by atomic mass is 35.5. The van der Waals surface area contributed by atoms with Crippen LogP contribution in [0.3, 0.4) is 0 Å². The number of benzene rings is 1. The maximum Gasteiger partial charge on any atom is 0.223 e. The van der Waals surface area contributed by atoms with Crippen molar-refractivity contribution in [2.75, 3.05) is 58.2 Å². The molecule has 2 fully saturated rings. The Labute approximate surface area is 220 Å². The summed E-state index contributed by atoms with van der Waals surface area (Å²) in [4.78, 5) is 16.7. The number of piperidine rings is 1. The zero-order valence-electron chi connectivity index (χ0n) is 20.6. The van der Waals surface area contributed by atoms with Gasteiger partial charge in [-0.15, -0.1) is 0 Å². The van der Waals surface area contributed by atoms with Crippen LogP contribution < -0.4 is 20.1 Å². The molecular weight excluding hydrogens is 503 g/mol. The van der Waals surface area contributed by atoms with E-state index in [-0.39, 0.29) is 12.1 Å². The second-order valence-electron chi connectivity index (χ2n) is 9.20. The number of anilines is 2. The second-order valence-corrected chi connectivity index (χ2v) is 9.95. The molecule has 1 unspecified atom stereocenters. The number of ether oxygens (including phenoxy) is 3. The molecule has 11 heteroatoms. The number of hydrogen-bond donors (Lipinski definition) is 2. The van der Waals surface area contributed by atoms with Gasteiger partial charge < -0.3 is 29.7 Å². The molecule has 0 bridgehead atoms. The third-order valence-electron chi connectivity index (χ3n) is 6.72. The molecule has 0 amide bonds.